The molecule has 5 rings (SSSR count). The molecule has 1 unspecified atom stereocenters. The first kappa shape index (κ1) is 16.8. The van der Waals surface area contributed by atoms with Crippen LogP contribution in [0, 0.1) is 0 Å². The Bertz CT molecular complexity index is 826. The molecule has 1 heterocycles. The SMILES string of the molecule is O=C(OCC1c2ccccc2-c2ccccc21)N1CC(O)CC12CCCC2. The van der Waals surface area contributed by atoms with E-state index in [1.807, 2.05) is 17.0 Å². The minimum atomic E-state index is -0.427. The smallest absolute Gasteiger partial charge is 0.410 e. The van der Waals surface area contributed by atoms with Gasteiger partial charge in [0.15, 0.2) is 0 Å². The normalized spacial score (nSPS) is 22.9. The molecule has 2 aliphatic carbocycles. The Morgan fingerprint density at radius 1 is 1.04 bits per heavy atom. The molecular weight excluding hydrogens is 338 g/mol. The van der Waals surface area contributed by atoms with Gasteiger partial charge in [-0.2, -0.15) is 0 Å². The third-order valence-corrected chi connectivity index (χ3v) is 6.67. The van der Waals surface area contributed by atoms with Gasteiger partial charge in [-0.25, -0.2) is 4.79 Å². The van der Waals surface area contributed by atoms with E-state index >= 15 is 0 Å². The Balaban J connectivity index is 1.37. The average Bonchev–Trinajstić information content (AvgIpc) is 3.37. The minimum absolute atomic E-state index is 0.0772. The number of ether oxygens (including phenoxy) is 1. The van der Waals surface area contributed by atoms with Crippen LogP contribution in [0.15, 0.2) is 48.5 Å². The van der Waals surface area contributed by atoms with Gasteiger partial charge < -0.3 is 9.84 Å². The van der Waals surface area contributed by atoms with E-state index in [1.54, 1.807) is 0 Å². The summed E-state index contributed by atoms with van der Waals surface area (Å²) >= 11 is 0. The van der Waals surface area contributed by atoms with Gasteiger partial charge in [-0.15, -0.1) is 0 Å². The molecule has 27 heavy (non-hydrogen) atoms. The fraction of sp³-hybridized carbons (Fsp3) is 0.435. The van der Waals surface area contributed by atoms with Crippen molar-refractivity contribution < 1.29 is 14.6 Å². The van der Waals surface area contributed by atoms with Gasteiger partial charge in [-0.3, -0.25) is 4.90 Å². The highest BCUT2D eigenvalue weighted by Gasteiger charge is 2.49. The van der Waals surface area contributed by atoms with Crippen LogP contribution in [0.2, 0.25) is 0 Å². The molecular formula is C23H25NO3. The number of carbonyl (C=O) groups excluding carboxylic acids is 1. The molecule has 0 radical (unpaired) electrons. The maximum Gasteiger partial charge on any atom is 0.410 e. The zero-order valence-electron chi connectivity index (χ0n) is 15.4. The third-order valence-electron chi connectivity index (χ3n) is 6.67. The van der Waals surface area contributed by atoms with E-state index in [0.29, 0.717) is 19.6 Å². The quantitative estimate of drug-likeness (QED) is 0.865. The van der Waals surface area contributed by atoms with Crippen LogP contribution in [-0.4, -0.2) is 40.9 Å². The summed E-state index contributed by atoms with van der Waals surface area (Å²) < 4.78 is 5.83. The molecule has 0 bridgehead atoms. The van der Waals surface area contributed by atoms with Crippen molar-refractivity contribution in [2.45, 2.75) is 49.7 Å². The Labute approximate surface area is 159 Å². The van der Waals surface area contributed by atoms with Gasteiger partial charge in [-0.05, 0) is 41.5 Å². The van der Waals surface area contributed by atoms with Gasteiger partial charge in [0.1, 0.15) is 6.61 Å². The van der Waals surface area contributed by atoms with E-state index in [-0.39, 0.29) is 17.6 Å². The van der Waals surface area contributed by atoms with Crippen LogP contribution in [0.3, 0.4) is 0 Å². The van der Waals surface area contributed by atoms with Gasteiger partial charge in [0.05, 0.1) is 12.6 Å². The van der Waals surface area contributed by atoms with Gasteiger partial charge in [-0.1, -0.05) is 61.4 Å². The summed E-state index contributed by atoms with van der Waals surface area (Å²) in [6.07, 6.45) is 4.21. The zero-order chi connectivity index (χ0) is 18.4. The first-order valence-electron chi connectivity index (χ1n) is 9.99. The molecule has 4 heteroatoms. The van der Waals surface area contributed by atoms with E-state index in [4.69, 9.17) is 4.74 Å². The van der Waals surface area contributed by atoms with Crippen molar-refractivity contribution in [1.82, 2.24) is 4.90 Å². The number of benzene rings is 2. The highest BCUT2D eigenvalue weighted by molar-refractivity contribution is 5.79. The number of aliphatic hydroxyl groups is 1. The number of β-amino-alcohol motifs (C(OH)–C–C–N with tert-alkyl or cyclic N) is 1. The van der Waals surface area contributed by atoms with E-state index in [0.717, 1.165) is 25.7 Å². The number of hydrogen-bond acceptors (Lipinski definition) is 3. The first-order chi connectivity index (χ1) is 13.2. The first-order valence-corrected chi connectivity index (χ1v) is 9.99. The van der Waals surface area contributed by atoms with Gasteiger partial charge in [0, 0.05) is 11.5 Å². The highest BCUT2D eigenvalue weighted by atomic mass is 16.6. The number of aliphatic hydroxyl groups excluding tert-OH is 1. The number of amides is 1. The zero-order valence-corrected chi connectivity index (χ0v) is 15.4. The number of fused-ring (bicyclic) bond motifs is 3. The molecule has 1 N–H and O–H groups in total. The highest BCUT2D eigenvalue weighted by Crippen LogP contribution is 2.46. The molecule has 1 aliphatic heterocycles. The molecule has 1 saturated heterocycles. The van der Waals surface area contributed by atoms with Gasteiger partial charge in [0.2, 0.25) is 0 Å². The number of nitrogens with zero attached hydrogens (tertiary/aromatic N) is 1. The third kappa shape index (κ3) is 2.66. The van der Waals surface area contributed by atoms with Crippen molar-refractivity contribution in [3.63, 3.8) is 0 Å². The predicted octanol–water partition coefficient (Wildman–Crippen LogP) is 4.31. The fourth-order valence-corrected chi connectivity index (χ4v) is 5.47. The van der Waals surface area contributed by atoms with Crippen LogP contribution in [-0.2, 0) is 4.74 Å². The Morgan fingerprint density at radius 2 is 1.63 bits per heavy atom. The predicted molar refractivity (Wildman–Crippen MR) is 104 cm³/mol. The van der Waals surface area contributed by atoms with Crippen molar-refractivity contribution in [1.29, 1.82) is 0 Å². The van der Waals surface area contributed by atoms with Crippen molar-refractivity contribution in [2.24, 2.45) is 0 Å². The summed E-state index contributed by atoms with van der Waals surface area (Å²) in [4.78, 5) is 14.7. The Kier molecular flexibility index (Phi) is 3.97. The minimum Gasteiger partial charge on any atom is -0.448 e. The van der Waals surface area contributed by atoms with Gasteiger partial charge in [0.25, 0.3) is 0 Å². The fourth-order valence-electron chi connectivity index (χ4n) is 5.47. The molecule has 1 saturated carbocycles. The van der Waals surface area contributed by atoms with Crippen molar-refractivity contribution in [3.8, 4) is 11.1 Å². The summed E-state index contributed by atoms with van der Waals surface area (Å²) in [6.45, 7) is 0.742. The number of carbonyl (C=O) groups is 1. The van der Waals surface area contributed by atoms with Crippen LogP contribution < -0.4 is 0 Å². The second kappa shape index (κ2) is 6.38. The molecule has 1 amide bonds. The maximum atomic E-state index is 12.9. The summed E-state index contributed by atoms with van der Waals surface area (Å²) in [5, 5.41) is 10.2. The van der Waals surface area contributed by atoms with Gasteiger partial charge >= 0.3 is 6.09 Å². The number of hydrogen-bond donors (Lipinski definition) is 1. The van der Waals surface area contributed by atoms with E-state index in [2.05, 4.69) is 36.4 Å². The van der Waals surface area contributed by atoms with Crippen LogP contribution >= 0.6 is 0 Å². The molecule has 2 aromatic carbocycles. The van der Waals surface area contributed by atoms with Crippen molar-refractivity contribution in [3.05, 3.63) is 59.7 Å². The summed E-state index contributed by atoms with van der Waals surface area (Å²) in [5.74, 6) is 0.0772. The lowest BCUT2D eigenvalue weighted by atomic mass is 9.94. The standard InChI is InChI=1S/C23H25NO3/c25-16-13-23(11-5-6-12-23)24(14-16)22(26)27-15-21-19-9-3-1-7-17(19)18-8-2-4-10-20(18)21/h1-4,7-10,16,21,25H,5-6,11-15H2. The van der Waals surface area contributed by atoms with E-state index < -0.39 is 6.10 Å². The molecule has 1 spiro atoms. The monoisotopic (exact) mass is 363 g/mol. The molecule has 2 aromatic rings. The molecule has 3 aliphatic rings. The van der Waals surface area contributed by atoms with E-state index in [9.17, 15) is 9.90 Å². The van der Waals surface area contributed by atoms with Crippen LogP contribution in [0.4, 0.5) is 4.79 Å². The maximum absolute atomic E-state index is 12.9. The summed E-state index contributed by atoms with van der Waals surface area (Å²) in [7, 11) is 0. The topological polar surface area (TPSA) is 49.8 Å². The largest absolute Gasteiger partial charge is 0.448 e. The molecule has 0 aromatic heterocycles. The Hall–Kier alpha value is -2.33. The molecule has 140 valence electrons. The van der Waals surface area contributed by atoms with Crippen LogP contribution in [0.25, 0.3) is 11.1 Å². The van der Waals surface area contributed by atoms with Crippen molar-refractivity contribution in [2.75, 3.05) is 13.2 Å². The molecule has 1 atom stereocenters. The lowest BCUT2D eigenvalue weighted by molar-refractivity contribution is 0.0684. The van der Waals surface area contributed by atoms with Crippen LogP contribution in [0.5, 0.6) is 0 Å². The van der Waals surface area contributed by atoms with Crippen molar-refractivity contribution >= 4 is 6.09 Å². The number of likely N-dealkylation sites (tertiary alicyclic amines) is 1. The number of rotatable bonds is 2. The average molecular weight is 363 g/mol. The van der Waals surface area contributed by atoms with Crippen LogP contribution in [0.1, 0.15) is 49.1 Å². The second-order valence-corrected chi connectivity index (χ2v) is 8.20. The lowest BCUT2D eigenvalue weighted by Gasteiger charge is -2.34. The molecule has 2 fully saturated rings. The molecule has 4 nitrogen and oxygen atoms in total. The lowest BCUT2D eigenvalue weighted by Crippen LogP contribution is -2.45. The second-order valence-electron chi connectivity index (χ2n) is 8.20. The van der Waals surface area contributed by atoms with E-state index in [1.165, 1.54) is 22.3 Å². The summed E-state index contributed by atoms with van der Waals surface area (Å²) in [6, 6.07) is 16.7. The Morgan fingerprint density at radius 3 is 2.26 bits per heavy atom. The summed E-state index contributed by atoms with van der Waals surface area (Å²) in [5.41, 5.74) is 4.74.